The average Bonchev–Trinajstić information content (AvgIpc) is 4.01. The lowest BCUT2D eigenvalue weighted by Crippen LogP contribution is -2.27. The number of hydrogen-bond acceptors (Lipinski definition) is 4. The second-order valence-corrected chi connectivity index (χ2v) is 16.5. The van der Waals surface area contributed by atoms with Crippen LogP contribution in [0, 0.1) is 0 Å². The van der Waals surface area contributed by atoms with Gasteiger partial charge >= 0.3 is 0 Å². The van der Waals surface area contributed by atoms with Crippen molar-refractivity contribution in [2.24, 2.45) is 4.99 Å². The Morgan fingerprint density at radius 3 is 2.46 bits per heavy atom. The zero-order valence-corrected chi connectivity index (χ0v) is 34.9. The van der Waals surface area contributed by atoms with Gasteiger partial charge in [-0.15, -0.1) is 6.58 Å². The summed E-state index contributed by atoms with van der Waals surface area (Å²) >= 11 is 0. The van der Waals surface area contributed by atoms with E-state index < -0.39 is 0 Å². The normalized spacial score (nSPS) is 16.1. The van der Waals surface area contributed by atoms with Crippen molar-refractivity contribution in [1.82, 2.24) is 4.57 Å². The van der Waals surface area contributed by atoms with E-state index in [0.717, 1.165) is 83.9 Å². The molecule has 0 bridgehead atoms. The Hall–Kier alpha value is -7.89. The van der Waals surface area contributed by atoms with Gasteiger partial charge in [0, 0.05) is 85.4 Å². The maximum absolute atomic E-state index is 6.67. The van der Waals surface area contributed by atoms with Crippen LogP contribution < -0.4 is 4.90 Å². The number of anilines is 2. The number of aliphatic imine (C=N–C) groups is 1. The Morgan fingerprint density at radius 1 is 0.698 bits per heavy atom. The summed E-state index contributed by atoms with van der Waals surface area (Å²) in [5.41, 5.74) is 16.3. The lowest BCUT2D eigenvalue weighted by molar-refractivity contribution is 0.668. The molecule has 302 valence electrons. The Balaban J connectivity index is 0.890. The van der Waals surface area contributed by atoms with Gasteiger partial charge in [-0.05, 0) is 89.8 Å². The van der Waals surface area contributed by atoms with Gasteiger partial charge in [-0.2, -0.15) is 0 Å². The molecule has 10 aromatic rings. The fraction of sp³-hybridized carbons (Fsp3) is 0.0862. The molecule has 4 heterocycles. The van der Waals surface area contributed by atoms with E-state index in [9.17, 15) is 0 Å². The number of aromatic nitrogens is 1. The molecule has 1 aliphatic heterocycles. The van der Waals surface area contributed by atoms with Gasteiger partial charge in [-0.25, -0.2) is 0 Å². The highest BCUT2D eigenvalue weighted by Gasteiger charge is 2.35. The van der Waals surface area contributed by atoms with Crippen LogP contribution >= 0.6 is 0 Å². The smallest absolute Gasteiger partial charge is 0.137 e. The summed E-state index contributed by atoms with van der Waals surface area (Å²) in [5, 5.41) is 5.56. The number of nitrogens with zero attached hydrogens (tertiary/aromatic N) is 3. The van der Waals surface area contributed by atoms with Gasteiger partial charge in [-0.3, -0.25) is 4.99 Å². The first kappa shape index (κ1) is 36.9. The highest BCUT2D eigenvalue weighted by Crippen LogP contribution is 2.47. The molecule has 63 heavy (non-hydrogen) atoms. The van der Waals surface area contributed by atoms with Crippen LogP contribution in [-0.4, -0.2) is 16.8 Å². The lowest BCUT2D eigenvalue weighted by Gasteiger charge is -2.28. The van der Waals surface area contributed by atoms with E-state index in [2.05, 4.69) is 199 Å². The molecule has 0 amide bonds. The molecule has 0 N–H and O–H groups in total. The molecule has 5 heteroatoms. The third kappa shape index (κ3) is 5.95. The predicted molar refractivity (Wildman–Crippen MR) is 263 cm³/mol. The molecule has 0 fully saturated rings. The summed E-state index contributed by atoms with van der Waals surface area (Å²) < 4.78 is 15.5. The third-order valence-corrected chi connectivity index (χ3v) is 13.0. The van der Waals surface area contributed by atoms with Crippen molar-refractivity contribution in [3.8, 4) is 16.8 Å². The monoisotopic (exact) mass is 813 g/mol. The maximum Gasteiger partial charge on any atom is 0.137 e. The summed E-state index contributed by atoms with van der Waals surface area (Å²) in [6.07, 6.45) is 18.1. The molecule has 0 saturated heterocycles. The highest BCUT2D eigenvalue weighted by molar-refractivity contribution is 6.16. The summed E-state index contributed by atoms with van der Waals surface area (Å²) in [7, 11) is 0. The van der Waals surface area contributed by atoms with E-state index in [1.165, 1.54) is 33.4 Å². The highest BCUT2D eigenvalue weighted by atomic mass is 16.3. The molecule has 1 aliphatic carbocycles. The van der Waals surface area contributed by atoms with E-state index in [1.54, 1.807) is 0 Å². The number of allylic oxidation sites excluding steroid dienone is 4. The first-order valence-corrected chi connectivity index (χ1v) is 21.8. The number of para-hydroxylation sites is 2. The van der Waals surface area contributed by atoms with Gasteiger partial charge < -0.3 is 18.3 Å². The summed E-state index contributed by atoms with van der Waals surface area (Å²) in [4.78, 5) is 7.46. The van der Waals surface area contributed by atoms with Crippen LogP contribution in [0.5, 0.6) is 0 Å². The second kappa shape index (κ2) is 14.9. The quantitative estimate of drug-likeness (QED) is 0.113. The number of rotatable bonds is 8. The van der Waals surface area contributed by atoms with Crippen LogP contribution in [0.4, 0.5) is 11.4 Å². The maximum atomic E-state index is 6.67. The summed E-state index contributed by atoms with van der Waals surface area (Å²) in [6.45, 7) is 6.84. The Labute approximate surface area is 365 Å². The first-order valence-electron chi connectivity index (χ1n) is 21.8. The van der Waals surface area contributed by atoms with Crippen LogP contribution in [0.25, 0.3) is 77.7 Å². The Morgan fingerprint density at radius 2 is 1.54 bits per heavy atom. The van der Waals surface area contributed by atoms with Crippen molar-refractivity contribution >= 4 is 78.4 Å². The van der Waals surface area contributed by atoms with Crippen LogP contribution in [0.1, 0.15) is 40.8 Å². The van der Waals surface area contributed by atoms with E-state index in [0.29, 0.717) is 6.54 Å². The van der Waals surface area contributed by atoms with Gasteiger partial charge in [0.15, 0.2) is 0 Å². The lowest BCUT2D eigenvalue weighted by atomic mass is 9.95. The van der Waals surface area contributed by atoms with Crippen molar-refractivity contribution in [3.05, 3.63) is 217 Å². The molecule has 3 aromatic heterocycles. The van der Waals surface area contributed by atoms with Crippen molar-refractivity contribution in [1.29, 1.82) is 0 Å². The molecule has 2 unspecified atom stereocenters. The summed E-state index contributed by atoms with van der Waals surface area (Å²) in [5.74, 6) is 0.216. The second-order valence-electron chi connectivity index (χ2n) is 16.5. The SMILES string of the molecule is C=CC1c2ccccc2N(c2cccc(CN=Cc3cccc4oc5ccc(-c6cccc7oc8cc(-n9c%10c(c%11ccccc%119)C=CC=CC%10)ccc8c67)cc5c34)c2)C1/C=C\C. The number of furan rings is 2. The van der Waals surface area contributed by atoms with E-state index >= 15 is 0 Å². The van der Waals surface area contributed by atoms with Gasteiger partial charge in [0.05, 0.1) is 18.1 Å². The molecule has 2 atom stereocenters. The topological polar surface area (TPSA) is 46.8 Å². The molecule has 0 saturated carbocycles. The fourth-order valence-corrected chi connectivity index (χ4v) is 10.3. The minimum Gasteiger partial charge on any atom is -0.456 e. The zero-order valence-electron chi connectivity index (χ0n) is 34.9. The molecule has 7 aromatic carbocycles. The van der Waals surface area contributed by atoms with Gasteiger partial charge in [0.25, 0.3) is 0 Å². The molecular formula is C58H43N3O2. The van der Waals surface area contributed by atoms with Crippen LogP contribution in [0.2, 0.25) is 0 Å². The third-order valence-electron chi connectivity index (χ3n) is 13.0. The first-order chi connectivity index (χ1) is 31.2. The van der Waals surface area contributed by atoms with Crippen molar-refractivity contribution in [2.45, 2.75) is 31.8 Å². The van der Waals surface area contributed by atoms with E-state index in [1.807, 2.05) is 18.3 Å². The molecule has 0 spiro atoms. The van der Waals surface area contributed by atoms with Crippen molar-refractivity contribution < 1.29 is 8.83 Å². The fourth-order valence-electron chi connectivity index (χ4n) is 10.3. The molecular weight excluding hydrogens is 771 g/mol. The zero-order chi connectivity index (χ0) is 42.0. The van der Waals surface area contributed by atoms with E-state index in [4.69, 9.17) is 13.8 Å². The van der Waals surface area contributed by atoms with Crippen LogP contribution in [-0.2, 0) is 13.0 Å². The van der Waals surface area contributed by atoms with Crippen molar-refractivity contribution in [3.63, 3.8) is 0 Å². The van der Waals surface area contributed by atoms with Crippen LogP contribution in [0.15, 0.2) is 202 Å². The van der Waals surface area contributed by atoms with Gasteiger partial charge in [0.1, 0.15) is 22.3 Å². The van der Waals surface area contributed by atoms with Crippen LogP contribution in [0.3, 0.4) is 0 Å². The number of hydrogen-bond donors (Lipinski definition) is 0. The van der Waals surface area contributed by atoms with Gasteiger partial charge in [0.2, 0.25) is 0 Å². The Kier molecular flexibility index (Phi) is 8.75. The molecule has 12 rings (SSSR count). The number of benzene rings is 7. The average molecular weight is 814 g/mol. The van der Waals surface area contributed by atoms with Crippen molar-refractivity contribution in [2.75, 3.05) is 4.90 Å². The molecule has 0 radical (unpaired) electrons. The molecule has 2 aliphatic rings. The molecule has 5 nitrogen and oxygen atoms in total. The standard InChI is InChI=1S/C58H43N3O2/c1-3-15-49-42(4-2)44-20-8-10-24-50(44)60(49)40-18-12-16-37(32-40)35-59-36-39-17-13-26-54-57(39)48-33-38(28-31-53(48)62-54)43-22-14-27-55-58(43)47-30-29-41(34-56(47)63-55)61-51-23-7-5-6-19-45(51)46-21-9-11-25-52(46)61/h3-22,24-34,36,42,49H,2,23,35H2,1H3/b15-3-,59-36?. The minimum atomic E-state index is 0.162. The predicted octanol–water partition coefficient (Wildman–Crippen LogP) is 15.2. The summed E-state index contributed by atoms with van der Waals surface area (Å²) in [6, 6.07) is 52.0. The Bertz CT molecular complexity index is 3590. The van der Waals surface area contributed by atoms with E-state index in [-0.39, 0.29) is 12.0 Å². The minimum absolute atomic E-state index is 0.162. The number of fused-ring (bicyclic) bond motifs is 10. The van der Waals surface area contributed by atoms with Gasteiger partial charge in [-0.1, -0.05) is 121 Å². The largest absolute Gasteiger partial charge is 0.456 e.